The minimum Gasteiger partial charge on any atom is -0.496 e. The Bertz CT molecular complexity index is 1090. The molecule has 3 aromatic rings. The average Bonchev–Trinajstić information content (AvgIpc) is 3.07. The maximum Gasteiger partial charge on any atom is 0.187 e. The van der Waals surface area contributed by atoms with Crippen molar-refractivity contribution >= 4 is 28.1 Å². The van der Waals surface area contributed by atoms with Crippen molar-refractivity contribution in [1.29, 1.82) is 0 Å². The van der Waals surface area contributed by atoms with Gasteiger partial charge in [-0.2, -0.15) is 0 Å². The lowest BCUT2D eigenvalue weighted by molar-refractivity contribution is 0.412. The summed E-state index contributed by atoms with van der Waals surface area (Å²) in [6, 6.07) is 9.01. The summed E-state index contributed by atoms with van der Waals surface area (Å²) in [5.41, 5.74) is 4.12. The van der Waals surface area contributed by atoms with Crippen LogP contribution in [0.25, 0.3) is 11.3 Å². The molecule has 0 bridgehead atoms. The van der Waals surface area contributed by atoms with Crippen molar-refractivity contribution in [3.63, 3.8) is 0 Å². The third-order valence-corrected chi connectivity index (χ3v) is 6.03. The van der Waals surface area contributed by atoms with E-state index < -0.39 is 0 Å². The van der Waals surface area contributed by atoms with Crippen molar-refractivity contribution in [2.75, 3.05) is 18.6 Å². The largest absolute Gasteiger partial charge is 0.496 e. The van der Waals surface area contributed by atoms with Gasteiger partial charge in [0.2, 0.25) is 0 Å². The molecule has 1 heterocycles. The fraction of sp³-hybridized carbons (Fsp3) is 0.261. The van der Waals surface area contributed by atoms with E-state index >= 15 is 0 Å². The molecule has 0 amide bonds. The fourth-order valence-corrected chi connectivity index (χ4v) is 4.25. The first-order chi connectivity index (χ1) is 13.8. The molecule has 2 aromatic carbocycles. The molecule has 29 heavy (non-hydrogen) atoms. The molecule has 0 saturated heterocycles. The second-order valence-electron chi connectivity index (χ2n) is 6.85. The number of anilines is 1. The van der Waals surface area contributed by atoms with Crippen LogP contribution in [0.15, 0.2) is 30.3 Å². The molecule has 0 radical (unpaired) electrons. The number of aromatic nitrogens is 1. The Balaban J connectivity index is 1.97. The monoisotopic (exact) mass is 428 g/mol. The van der Waals surface area contributed by atoms with Crippen molar-refractivity contribution in [2.45, 2.75) is 27.3 Å². The molecule has 0 spiro atoms. The molecule has 0 N–H and O–H groups in total. The van der Waals surface area contributed by atoms with Gasteiger partial charge in [0.05, 0.1) is 24.4 Å². The molecule has 0 fully saturated rings. The number of hydrogen-bond acceptors (Lipinski definition) is 4. The zero-order chi connectivity index (χ0) is 21.1. The number of aryl methyl sites for hydroxylation is 3. The zero-order valence-corrected chi connectivity index (χ0v) is 18.4. The van der Waals surface area contributed by atoms with Crippen molar-refractivity contribution < 1.29 is 9.13 Å². The molecular formula is C23H22ClFN2OS. The van der Waals surface area contributed by atoms with Gasteiger partial charge in [-0.15, -0.1) is 17.8 Å². The van der Waals surface area contributed by atoms with Crippen LogP contribution in [0, 0.1) is 38.9 Å². The Morgan fingerprint density at radius 2 is 1.97 bits per heavy atom. The van der Waals surface area contributed by atoms with E-state index in [1.54, 1.807) is 43.6 Å². The molecular weight excluding hydrogens is 407 g/mol. The molecule has 6 heteroatoms. The van der Waals surface area contributed by atoms with Crippen LogP contribution in [0.3, 0.4) is 0 Å². The van der Waals surface area contributed by atoms with Crippen molar-refractivity contribution in [3.05, 3.63) is 62.7 Å². The molecule has 0 saturated carbocycles. The number of nitrogens with zero attached hydrogens (tertiary/aromatic N) is 2. The summed E-state index contributed by atoms with van der Waals surface area (Å²) in [4.78, 5) is 7.82. The molecule has 0 aliphatic rings. The summed E-state index contributed by atoms with van der Waals surface area (Å²) in [5, 5.41) is 1.36. The van der Waals surface area contributed by atoms with Gasteiger partial charge in [-0.1, -0.05) is 29.7 Å². The molecule has 3 nitrogen and oxygen atoms in total. The second kappa shape index (κ2) is 8.86. The first-order valence-electron chi connectivity index (χ1n) is 9.09. The van der Waals surface area contributed by atoms with Crippen LogP contribution in [0.2, 0.25) is 5.02 Å². The minimum absolute atomic E-state index is 0.223. The lowest BCUT2D eigenvalue weighted by Crippen LogP contribution is -2.22. The van der Waals surface area contributed by atoms with Gasteiger partial charge in [0.15, 0.2) is 5.13 Å². The van der Waals surface area contributed by atoms with Gasteiger partial charge in [-0.3, -0.25) is 0 Å². The van der Waals surface area contributed by atoms with Crippen LogP contribution in [-0.4, -0.2) is 18.6 Å². The normalized spacial score (nSPS) is 10.7. The van der Waals surface area contributed by atoms with Crippen LogP contribution >= 0.6 is 22.9 Å². The van der Waals surface area contributed by atoms with Gasteiger partial charge in [0, 0.05) is 17.0 Å². The summed E-state index contributed by atoms with van der Waals surface area (Å²) in [7, 11) is 1.62. The highest BCUT2D eigenvalue weighted by Crippen LogP contribution is 2.39. The van der Waals surface area contributed by atoms with Crippen molar-refractivity contribution in [3.8, 4) is 29.4 Å². The van der Waals surface area contributed by atoms with Gasteiger partial charge in [0.25, 0.3) is 0 Å². The summed E-state index contributed by atoms with van der Waals surface area (Å²) < 4.78 is 19.3. The lowest BCUT2D eigenvalue weighted by atomic mass is 10.1. The standard InChI is InChI=1S/C23H22ClFN2OS/c1-6-9-27(13-17-8-7-14(2)20(25)11-17)23-26-22(16(4)29-23)18-10-15(3)21(28-5)12-19(18)24/h1,7-8,10-12H,9,13H2,2-5H3. The first kappa shape index (κ1) is 21.2. The second-order valence-corrected chi connectivity index (χ2v) is 8.44. The number of rotatable bonds is 6. The van der Waals surface area contributed by atoms with E-state index in [0.717, 1.165) is 38.1 Å². The van der Waals surface area contributed by atoms with E-state index in [2.05, 4.69) is 5.92 Å². The Labute approximate surface area is 180 Å². The van der Waals surface area contributed by atoms with Crippen LogP contribution in [0.5, 0.6) is 5.75 Å². The molecule has 0 aliphatic heterocycles. The molecule has 0 unspecified atom stereocenters. The number of benzene rings is 2. The Kier molecular flexibility index (Phi) is 6.46. The predicted molar refractivity (Wildman–Crippen MR) is 120 cm³/mol. The Morgan fingerprint density at radius 3 is 2.62 bits per heavy atom. The first-order valence-corrected chi connectivity index (χ1v) is 10.3. The van der Waals surface area contributed by atoms with E-state index in [4.69, 9.17) is 27.7 Å². The third-order valence-electron chi connectivity index (χ3n) is 4.69. The number of terminal acetylenes is 1. The average molecular weight is 429 g/mol. The van der Waals surface area contributed by atoms with Gasteiger partial charge in [0.1, 0.15) is 11.6 Å². The molecule has 0 aliphatic carbocycles. The SMILES string of the molecule is C#CCN(Cc1ccc(C)c(F)c1)c1nc(-c2cc(C)c(OC)cc2Cl)c(C)s1. The molecule has 150 valence electrons. The minimum atomic E-state index is -0.223. The van der Waals surface area contributed by atoms with E-state index in [1.807, 2.05) is 30.9 Å². The van der Waals surface area contributed by atoms with Crippen LogP contribution in [-0.2, 0) is 6.54 Å². The van der Waals surface area contributed by atoms with Crippen LogP contribution in [0.1, 0.15) is 21.6 Å². The highest BCUT2D eigenvalue weighted by Gasteiger charge is 2.18. The highest BCUT2D eigenvalue weighted by atomic mass is 35.5. The van der Waals surface area contributed by atoms with Crippen molar-refractivity contribution in [1.82, 2.24) is 4.98 Å². The number of halogens is 2. The smallest absolute Gasteiger partial charge is 0.187 e. The Morgan fingerprint density at radius 1 is 1.21 bits per heavy atom. The van der Waals surface area contributed by atoms with Gasteiger partial charge in [-0.25, -0.2) is 9.37 Å². The number of methoxy groups -OCH3 is 1. The number of ether oxygens (including phenoxy) is 1. The summed E-state index contributed by atoms with van der Waals surface area (Å²) in [6.07, 6.45) is 5.58. The maximum atomic E-state index is 14.0. The number of thiazole rings is 1. The lowest BCUT2D eigenvalue weighted by Gasteiger charge is -2.19. The van der Waals surface area contributed by atoms with Crippen LogP contribution in [0.4, 0.5) is 9.52 Å². The topological polar surface area (TPSA) is 25.4 Å². The van der Waals surface area contributed by atoms with Gasteiger partial charge < -0.3 is 9.64 Å². The quantitative estimate of drug-likeness (QED) is 0.438. The van der Waals surface area contributed by atoms with Crippen molar-refractivity contribution in [2.24, 2.45) is 0 Å². The van der Waals surface area contributed by atoms with Gasteiger partial charge in [-0.05, 0) is 55.7 Å². The fourth-order valence-electron chi connectivity index (χ4n) is 3.09. The molecule has 3 rings (SSSR count). The van der Waals surface area contributed by atoms with E-state index in [1.165, 1.54) is 0 Å². The number of hydrogen-bond donors (Lipinski definition) is 0. The molecule has 0 atom stereocenters. The van der Waals surface area contributed by atoms with Gasteiger partial charge >= 0.3 is 0 Å². The zero-order valence-electron chi connectivity index (χ0n) is 16.8. The predicted octanol–water partition coefficient (Wildman–Crippen LogP) is 6.18. The third kappa shape index (κ3) is 4.55. The molecule has 1 aromatic heterocycles. The van der Waals surface area contributed by atoms with E-state index in [-0.39, 0.29) is 5.82 Å². The summed E-state index contributed by atoms with van der Waals surface area (Å²) >= 11 is 8.04. The van der Waals surface area contributed by atoms with E-state index in [0.29, 0.717) is 23.7 Å². The van der Waals surface area contributed by atoms with E-state index in [9.17, 15) is 4.39 Å². The summed E-state index contributed by atoms with van der Waals surface area (Å²) in [5.74, 6) is 3.19. The maximum absolute atomic E-state index is 14.0. The highest BCUT2D eigenvalue weighted by molar-refractivity contribution is 7.16. The Hall–Kier alpha value is -2.55. The van der Waals surface area contributed by atoms with Crippen LogP contribution < -0.4 is 9.64 Å². The summed E-state index contributed by atoms with van der Waals surface area (Å²) in [6.45, 7) is 6.57.